The van der Waals surface area contributed by atoms with Gasteiger partial charge >= 0.3 is 0 Å². The molecule has 24 aromatic rings. The molecule has 0 N–H and O–H groups in total. The van der Waals surface area contributed by atoms with Crippen LogP contribution in [0.1, 0.15) is 89.0 Å². The van der Waals surface area contributed by atoms with Crippen LogP contribution in [-0.4, -0.2) is 13.3 Å². The van der Waals surface area contributed by atoms with Crippen molar-refractivity contribution in [1.29, 1.82) is 0 Å². The van der Waals surface area contributed by atoms with E-state index >= 15 is 0 Å². The fraction of sp³-hybridized carbons (Fsp3) is 0.0294. The van der Waals surface area contributed by atoms with Gasteiger partial charge in [0.15, 0.2) is 0 Å². The highest BCUT2D eigenvalue weighted by Crippen LogP contribution is 2.69. The van der Waals surface area contributed by atoms with Crippen molar-refractivity contribution in [3.63, 3.8) is 0 Å². The second-order valence-electron chi connectivity index (χ2n) is 39.5. The van der Waals surface area contributed by atoms with E-state index in [9.17, 15) is 0 Å². The minimum absolute atomic E-state index is 0.464. The number of aromatic nitrogens is 3. The summed E-state index contributed by atoms with van der Waals surface area (Å²) in [7, 11) is 0. The van der Waals surface area contributed by atoms with E-state index in [1.165, 1.54) is 234 Å². The summed E-state index contributed by atoms with van der Waals surface area (Å²) in [5.41, 5.74) is 59.4. The van der Waals surface area contributed by atoms with Crippen molar-refractivity contribution in [1.82, 2.24) is 13.3 Å². The van der Waals surface area contributed by atoms with Gasteiger partial charge in [-0.15, -0.1) is 0 Å². The Labute approximate surface area is 820 Å². The zero-order chi connectivity index (χ0) is 91.9. The summed E-state index contributed by atoms with van der Waals surface area (Å²) in [6.07, 6.45) is 0. The first kappa shape index (κ1) is 77.4. The zero-order valence-electron chi connectivity index (χ0n) is 76.4. The van der Waals surface area contributed by atoms with Crippen LogP contribution in [0.5, 0.6) is 0 Å². The van der Waals surface area contributed by atoms with Crippen LogP contribution in [0.2, 0.25) is 0 Å². The number of anilines is 3. The average molecular weight is 1800 g/mol. The van der Waals surface area contributed by atoms with Gasteiger partial charge < -0.3 is 9.47 Å². The molecule has 4 spiro atoms. The minimum Gasteiger partial charge on any atom is -0.309 e. The summed E-state index contributed by atoms with van der Waals surface area (Å²) >= 11 is 1.27. The van der Waals surface area contributed by atoms with E-state index in [2.05, 4.69) is 495 Å². The van der Waals surface area contributed by atoms with Crippen molar-refractivity contribution in [2.24, 2.45) is 0 Å². The molecule has 8 aliphatic rings. The Morgan fingerprint density at radius 2 is 0.383 bits per heavy atom. The lowest BCUT2D eigenvalue weighted by Crippen LogP contribution is -2.25. The van der Waals surface area contributed by atoms with Gasteiger partial charge in [0.05, 0.1) is 50.1 Å². The standard InChI is InChI=1S/C136H80N4S/c1-13-37-112-94(25-1)95-26-2-14-38-113(95)133(112)120-45-21-9-33-102(120)106-67-55-86(77-124(106)133)81-49-61-90(62-50-81)139(91-63-51-82(52-64-91)87-56-68-107-103-34-10-22-46-121(103)134(125(107)78-87)114-39-15-3-27-96(114)97-28-4-16-40-115(97)134)130-74-71-93(131-132(130)138-141-137-131)83-53-65-92(66-54-83)140-128-72-59-84(88-57-69-108-104-35-11-23-47-122(104)135(126(108)79-88)116-41-17-5-29-98(116)99-30-6-18-42-117(99)135)75-110(128)111-76-85(60-73-129(111)140)89-58-70-109-105-36-12-24-48-123(105)136(127(109)80-89)118-43-19-7-31-100(118)101-32-8-20-44-119(101)136/h1-80H. The predicted molar refractivity (Wildman–Crippen MR) is 579 cm³/mol. The Kier molecular flexibility index (Phi) is 15.6. The quantitative estimate of drug-likeness (QED) is 0.144. The monoisotopic (exact) mass is 1800 g/mol. The molecule has 650 valence electrons. The Balaban J connectivity index is 0.532. The van der Waals surface area contributed by atoms with Crippen molar-refractivity contribution in [2.75, 3.05) is 4.90 Å². The molecule has 4 nitrogen and oxygen atoms in total. The summed E-state index contributed by atoms with van der Waals surface area (Å²) in [5.74, 6) is 0. The molecular weight excluding hydrogens is 1720 g/mol. The van der Waals surface area contributed by atoms with Gasteiger partial charge in [0.2, 0.25) is 0 Å². The molecule has 8 aliphatic carbocycles. The first-order chi connectivity index (χ1) is 69.9. The first-order valence-corrected chi connectivity index (χ1v) is 49.9. The zero-order valence-corrected chi connectivity index (χ0v) is 77.2. The molecule has 5 heteroatoms. The minimum atomic E-state index is -0.480. The third-order valence-electron chi connectivity index (χ3n) is 33.4. The second-order valence-corrected chi connectivity index (χ2v) is 40.0. The predicted octanol–water partition coefficient (Wildman–Crippen LogP) is 34.0. The van der Waals surface area contributed by atoms with Crippen LogP contribution in [0.4, 0.5) is 17.1 Å². The molecule has 0 aliphatic heterocycles. The molecule has 0 saturated carbocycles. The lowest BCUT2D eigenvalue weighted by Gasteiger charge is -2.30. The normalized spacial score (nSPS) is 14.3. The van der Waals surface area contributed by atoms with Crippen LogP contribution < -0.4 is 4.90 Å². The first-order valence-electron chi connectivity index (χ1n) is 49.1. The molecule has 2 heterocycles. The van der Waals surface area contributed by atoms with E-state index in [1.807, 2.05) is 0 Å². The lowest BCUT2D eigenvalue weighted by atomic mass is 9.70. The number of hydrogen-bond acceptors (Lipinski definition) is 4. The fourth-order valence-electron chi connectivity index (χ4n) is 27.8. The molecule has 0 fully saturated rings. The summed E-state index contributed by atoms with van der Waals surface area (Å²) in [5, 5.41) is 2.36. The summed E-state index contributed by atoms with van der Waals surface area (Å²) in [4.78, 5) is 2.39. The maximum Gasteiger partial charge on any atom is 0.129 e. The maximum absolute atomic E-state index is 5.34. The van der Waals surface area contributed by atoms with Crippen molar-refractivity contribution in [2.45, 2.75) is 21.7 Å². The molecule has 32 rings (SSSR count). The van der Waals surface area contributed by atoms with E-state index in [0.29, 0.717) is 0 Å². The van der Waals surface area contributed by atoms with Crippen molar-refractivity contribution in [3.05, 3.63) is 574 Å². The van der Waals surface area contributed by atoms with Gasteiger partial charge in [-0.1, -0.05) is 388 Å². The third kappa shape index (κ3) is 9.96. The summed E-state index contributed by atoms with van der Waals surface area (Å²) in [6.45, 7) is 0. The number of benzene rings is 22. The number of fused-ring (bicyclic) bond motifs is 44. The molecule has 141 heavy (non-hydrogen) atoms. The highest BCUT2D eigenvalue weighted by molar-refractivity contribution is 7.00. The molecule has 0 unspecified atom stereocenters. The van der Waals surface area contributed by atoms with Gasteiger partial charge in [0.25, 0.3) is 0 Å². The highest BCUT2D eigenvalue weighted by atomic mass is 32.1. The average Bonchev–Trinajstić information content (AvgIpc) is 1.52. The SMILES string of the molecule is c1ccc2c(c1)-c1ccccc1C21c2ccccc2-c2ccc(-c3ccc(N(c4ccc(-c5ccc6c(c5)C5(c7ccccc7-c7ccccc75)c5ccccc5-6)cc4)c4ccc(-c5ccc(-n6c7ccc(-c8ccc9c(c8)C8(c%10ccccc%10-c%10ccccc%108)c8ccccc8-9)cc7c7cc(-c8ccc9c(c8)C8(c%10ccccc%10-c%10ccccc%108)c8ccccc8-9)ccc76)cc5)c5nsnc45)cc3)cc21. The van der Waals surface area contributed by atoms with Crippen LogP contribution >= 0.6 is 11.7 Å². The number of rotatable bonds is 9. The van der Waals surface area contributed by atoms with E-state index in [1.54, 1.807) is 0 Å². The molecule has 0 radical (unpaired) electrons. The van der Waals surface area contributed by atoms with Crippen molar-refractivity contribution < 1.29 is 0 Å². The maximum atomic E-state index is 5.34. The van der Waals surface area contributed by atoms with Gasteiger partial charge in [0, 0.05) is 33.4 Å². The molecule has 0 atom stereocenters. The second kappa shape index (κ2) is 28.5. The molecule has 2 aromatic heterocycles. The van der Waals surface area contributed by atoms with Crippen LogP contribution in [0, 0.1) is 0 Å². The third-order valence-corrected chi connectivity index (χ3v) is 33.9. The Morgan fingerprint density at radius 1 is 0.170 bits per heavy atom. The Morgan fingerprint density at radius 3 is 0.660 bits per heavy atom. The number of hydrogen-bond donors (Lipinski definition) is 0. The fourth-order valence-corrected chi connectivity index (χ4v) is 28.4. The summed E-state index contributed by atoms with van der Waals surface area (Å²) in [6, 6.07) is 185. The molecule has 0 amide bonds. The van der Waals surface area contributed by atoms with E-state index in [4.69, 9.17) is 8.75 Å². The van der Waals surface area contributed by atoms with Gasteiger partial charge in [-0.3, -0.25) is 0 Å². The van der Waals surface area contributed by atoms with E-state index in [-0.39, 0.29) is 0 Å². The molecule has 0 bridgehead atoms. The van der Waals surface area contributed by atoms with Crippen LogP contribution in [0.15, 0.2) is 485 Å². The van der Waals surface area contributed by atoms with Gasteiger partial charge in [-0.2, -0.15) is 8.75 Å². The van der Waals surface area contributed by atoms with Crippen molar-refractivity contribution in [3.8, 4) is 150 Å². The molecule has 22 aromatic carbocycles. The Bertz CT molecular complexity index is 8910. The van der Waals surface area contributed by atoms with Gasteiger partial charge in [-0.25, -0.2) is 0 Å². The van der Waals surface area contributed by atoms with E-state index in [0.717, 1.165) is 67.1 Å². The Hall–Kier alpha value is -17.7. The van der Waals surface area contributed by atoms with Crippen LogP contribution in [0.25, 0.3) is 183 Å². The number of nitrogens with zero attached hydrogens (tertiary/aromatic N) is 4. The van der Waals surface area contributed by atoms with Crippen molar-refractivity contribution >= 4 is 61.6 Å². The largest absolute Gasteiger partial charge is 0.309 e. The van der Waals surface area contributed by atoms with E-state index < -0.39 is 21.7 Å². The van der Waals surface area contributed by atoms with Gasteiger partial charge in [0.1, 0.15) is 11.0 Å². The van der Waals surface area contributed by atoms with Gasteiger partial charge in [-0.05, 0) is 325 Å². The molecular formula is C136H80N4S. The smallest absolute Gasteiger partial charge is 0.129 e. The highest BCUT2D eigenvalue weighted by Gasteiger charge is 2.57. The van der Waals surface area contributed by atoms with Crippen LogP contribution in [-0.2, 0) is 21.7 Å². The molecule has 0 saturated heterocycles. The topological polar surface area (TPSA) is 34.0 Å². The summed E-state index contributed by atoms with van der Waals surface area (Å²) < 4.78 is 13.1. The van der Waals surface area contributed by atoms with Crippen LogP contribution in [0.3, 0.4) is 0 Å². The lowest BCUT2D eigenvalue weighted by molar-refractivity contribution is 0.794.